The Balaban J connectivity index is 0.000000378. The third kappa shape index (κ3) is 18.5. The predicted octanol–water partition coefficient (Wildman–Crippen LogP) is 12.8. The van der Waals surface area contributed by atoms with Crippen molar-refractivity contribution in [3.63, 3.8) is 0 Å². The van der Waals surface area contributed by atoms with Gasteiger partial charge in [0.2, 0.25) is 0 Å². The van der Waals surface area contributed by atoms with Gasteiger partial charge in [0.05, 0.1) is 22.7 Å². The van der Waals surface area contributed by atoms with Crippen LogP contribution in [0, 0.1) is 68.6 Å². The molecule has 2 saturated heterocycles. The van der Waals surface area contributed by atoms with Gasteiger partial charge in [0.1, 0.15) is 23.0 Å². The van der Waals surface area contributed by atoms with Crippen LogP contribution in [0.25, 0.3) is 0 Å². The van der Waals surface area contributed by atoms with Crippen LogP contribution >= 0.6 is 0 Å². The van der Waals surface area contributed by atoms with Gasteiger partial charge in [-0.3, -0.25) is 20.0 Å². The van der Waals surface area contributed by atoms with Crippen LogP contribution in [0.1, 0.15) is 92.4 Å². The molecule has 2 aliphatic heterocycles. The number of phenolic OH excluding ortho intramolecular Hbond substituents is 4. The average Bonchev–Trinajstić information content (AvgIpc) is 4.09. The van der Waals surface area contributed by atoms with Gasteiger partial charge in [-0.05, 0) is 148 Å². The topological polar surface area (TPSA) is 180 Å². The first-order chi connectivity index (χ1) is 31.7. The fourth-order valence-electron chi connectivity index (χ4n) is 7.12. The Morgan fingerprint density at radius 2 is 0.638 bits per heavy atom. The van der Waals surface area contributed by atoms with Gasteiger partial charge in [0.25, 0.3) is 0 Å². The van der Waals surface area contributed by atoms with E-state index in [2.05, 4.69) is 20.0 Å². The van der Waals surface area contributed by atoms with Gasteiger partial charge in [-0.15, -0.1) is 0 Å². The van der Waals surface area contributed by atoms with Crippen LogP contribution < -0.4 is 0 Å². The van der Waals surface area contributed by atoms with Crippen molar-refractivity contribution in [3.8, 4) is 23.0 Å². The van der Waals surface area contributed by atoms with Crippen LogP contribution in [0.5, 0.6) is 23.0 Å². The summed E-state index contributed by atoms with van der Waals surface area (Å²) in [6, 6.07) is 30.3. The van der Waals surface area contributed by atoms with E-state index in [0.29, 0.717) is 45.0 Å². The number of aromatic hydroxyl groups is 4. The van der Waals surface area contributed by atoms with Crippen LogP contribution in [0.15, 0.2) is 117 Å². The van der Waals surface area contributed by atoms with Crippen molar-refractivity contribution in [2.45, 2.75) is 81.1 Å². The molecule has 0 saturated carbocycles. The molecule has 0 amide bonds. The molecular weight excluding hydrogens is 945 g/mol. The second-order valence-corrected chi connectivity index (χ2v) is 16.4. The van der Waals surface area contributed by atoms with Crippen LogP contribution in [-0.2, 0) is 44.2 Å². The number of aliphatic imine (C=N–C) groups is 4. The molecule has 0 radical (unpaired) electrons. The molecule has 11 nitrogen and oxygen atoms in total. The Morgan fingerprint density at radius 3 is 0.812 bits per heavy atom. The Morgan fingerprint density at radius 1 is 0.406 bits per heavy atom. The van der Waals surface area contributed by atoms with Gasteiger partial charge >= 0.3 is 0 Å². The summed E-state index contributed by atoms with van der Waals surface area (Å²) in [5.74, 6) is 0.928. The Kier molecular flexibility index (Phi) is 25.7. The van der Waals surface area contributed by atoms with E-state index < -0.39 is 0 Å². The van der Waals surface area contributed by atoms with Gasteiger partial charge in [0, 0.05) is 95.0 Å². The summed E-state index contributed by atoms with van der Waals surface area (Å²) in [4.78, 5) is 18.1. The van der Waals surface area contributed by atoms with Crippen LogP contribution in [-0.4, -0.2) is 64.0 Å². The molecule has 0 bridgehead atoms. The Bertz CT molecular complexity index is 2340. The molecule has 2 heterocycles. The summed E-state index contributed by atoms with van der Waals surface area (Å²) in [6.45, 7) is 21.0. The maximum Gasteiger partial charge on any atom is 0.127 e. The minimum Gasteiger partial charge on any atom is -0.552 e. The van der Waals surface area contributed by atoms with Crippen molar-refractivity contribution in [1.29, 1.82) is 0 Å². The summed E-state index contributed by atoms with van der Waals surface area (Å²) >= 11 is 0. The van der Waals surface area contributed by atoms with Gasteiger partial charge in [-0.25, -0.2) is 13.2 Å². The second-order valence-electron chi connectivity index (χ2n) is 16.4. The molecule has 6 aromatic carbocycles. The fourth-order valence-corrected chi connectivity index (χ4v) is 7.12. The first-order valence-corrected chi connectivity index (χ1v) is 22.1. The van der Waals surface area contributed by atoms with E-state index in [4.69, 9.17) is 9.47 Å². The zero-order valence-corrected chi connectivity index (χ0v) is 43.2. The van der Waals surface area contributed by atoms with Gasteiger partial charge in [-0.2, -0.15) is 12.8 Å². The van der Waals surface area contributed by atoms with E-state index in [9.17, 15) is 20.4 Å². The maximum atomic E-state index is 10.3. The first kappa shape index (κ1) is 59.3. The molecule has 69 heavy (non-hydrogen) atoms. The maximum absolute atomic E-state index is 10.3. The quantitative estimate of drug-likeness (QED) is 0.0870. The molecule has 364 valence electrons. The monoisotopic (exact) mass is 1010 g/mol. The largest absolute Gasteiger partial charge is 0.552 e. The number of hydrogen-bond acceptors (Lipinski definition) is 10. The van der Waals surface area contributed by atoms with E-state index in [0.717, 1.165) is 70.6 Å². The normalized spacial score (nSPS) is 12.9. The molecule has 2 aliphatic rings. The van der Waals surface area contributed by atoms with Crippen LogP contribution in [0.2, 0.25) is 0 Å². The number of para-hydroxylation sites is 4. The van der Waals surface area contributed by atoms with Crippen molar-refractivity contribution >= 4 is 47.6 Å². The van der Waals surface area contributed by atoms with Crippen molar-refractivity contribution in [2.75, 3.05) is 13.2 Å². The van der Waals surface area contributed by atoms with Crippen molar-refractivity contribution in [1.82, 2.24) is 0 Å². The third-order valence-electron chi connectivity index (χ3n) is 10.4. The third-order valence-corrected chi connectivity index (χ3v) is 10.4. The molecule has 0 aliphatic carbocycles. The summed E-state index contributed by atoms with van der Waals surface area (Å²) in [5, 5.41) is 41.0. The van der Waals surface area contributed by atoms with Crippen molar-refractivity contribution < 1.29 is 70.1 Å². The standard InChI is InChI=1S/2C24H24N2O2.2C4H7O.2Cr.H2O/c2*1-15-9-17(3)23(27)19(11-15)13-25-21-7-5-6-8-22(21)26-14-20-12-16(2)10-18(4)24(20)28;2*1-2-4-5-3-1;;;/h2*5-14,27-28H,1-4H3;2*3H,1-2,4H2;;;1H2/q;;2*-1;;;. The number of phenols is 4. The molecule has 2 fully saturated rings. The zero-order chi connectivity index (χ0) is 47.6. The summed E-state index contributed by atoms with van der Waals surface area (Å²) in [7, 11) is 0. The zero-order valence-electron chi connectivity index (χ0n) is 40.7. The first-order valence-electron chi connectivity index (χ1n) is 22.1. The molecule has 6 N–H and O–H groups in total. The summed E-state index contributed by atoms with van der Waals surface area (Å²) in [6.07, 6.45) is 11.4. The SMILES string of the molecule is Cc1cc(C)c(O)c(C=Nc2ccccc2N=Cc2cc(C)cc(C)c2O)c1.Cc1cc(C)c(O)c(C=Nc2ccccc2N=Cc2cc(C)cc(C)c2O)c1.O.[CH-]1CCCO1.[CH-]1CCCO1.[Cr].[Cr]. The van der Waals surface area contributed by atoms with Crippen LogP contribution in [0.4, 0.5) is 22.7 Å². The smallest absolute Gasteiger partial charge is 0.127 e. The Labute approximate surface area is 429 Å². The van der Waals surface area contributed by atoms with Crippen LogP contribution in [0.3, 0.4) is 0 Å². The molecular formula is C56H64Cr2N4O7-2. The predicted molar refractivity (Wildman–Crippen MR) is 275 cm³/mol. The van der Waals surface area contributed by atoms with E-state index in [-0.39, 0.29) is 63.2 Å². The van der Waals surface area contributed by atoms with Gasteiger partial charge < -0.3 is 35.4 Å². The number of aryl methyl sites for hydroxylation is 8. The molecule has 0 atom stereocenters. The molecule has 13 heteroatoms. The fraction of sp³-hybridized carbons (Fsp3) is 0.250. The number of ether oxygens (including phenoxy) is 2. The number of rotatable bonds is 8. The molecule has 0 spiro atoms. The Hall–Kier alpha value is -5.86. The molecule has 0 aromatic heterocycles. The van der Waals surface area contributed by atoms with E-state index in [1.165, 1.54) is 12.8 Å². The summed E-state index contributed by atoms with van der Waals surface area (Å²) < 4.78 is 9.64. The van der Waals surface area contributed by atoms with E-state index in [1.807, 2.05) is 166 Å². The average molecular weight is 1010 g/mol. The van der Waals surface area contributed by atoms with E-state index in [1.54, 1.807) is 24.9 Å². The second kappa shape index (κ2) is 29.9. The van der Waals surface area contributed by atoms with Crippen molar-refractivity contribution in [2.24, 2.45) is 20.0 Å². The van der Waals surface area contributed by atoms with Gasteiger partial charge in [0.15, 0.2) is 0 Å². The minimum atomic E-state index is 0. The number of nitrogens with zero attached hydrogens (tertiary/aromatic N) is 4. The van der Waals surface area contributed by atoms with Gasteiger partial charge in [-0.1, -0.05) is 61.4 Å². The van der Waals surface area contributed by atoms with E-state index >= 15 is 0 Å². The number of benzene rings is 6. The number of hydrogen-bond donors (Lipinski definition) is 4. The molecule has 8 rings (SSSR count). The van der Waals surface area contributed by atoms with Crippen molar-refractivity contribution in [3.05, 3.63) is 177 Å². The summed E-state index contributed by atoms with van der Waals surface area (Å²) in [5.41, 5.74) is 12.9. The minimum absolute atomic E-state index is 0. The molecule has 6 aromatic rings. The molecule has 0 unspecified atom stereocenters.